The Balaban J connectivity index is 0.00000210. The summed E-state index contributed by atoms with van der Waals surface area (Å²) >= 11 is 18.5. The number of aliphatic hydroxyl groups is 1. The predicted molar refractivity (Wildman–Crippen MR) is 116 cm³/mol. The molecule has 0 fully saturated rings. The summed E-state index contributed by atoms with van der Waals surface area (Å²) in [5, 5.41) is 13.5. The highest BCUT2D eigenvalue weighted by molar-refractivity contribution is 6.42. The highest BCUT2D eigenvalue weighted by Gasteiger charge is 2.28. The molecule has 0 aliphatic carbocycles. The van der Waals surface area contributed by atoms with E-state index in [1.165, 1.54) is 16.6 Å². The van der Waals surface area contributed by atoms with Crippen LogP contribution in [0.4, 0.5) is 0 Å². The minimum absolute atomic E-state index is 0. The van der Waals surface area contributed by atoms with Gasteiger partial charge in [-0.3, -0.25) is 4.90 Å². The second kappa shape index (κ2) is 8.20. The summed E-state index contributed by atoms with van der Waals surface area (Å²) in [4.78, 5) is 5.75. The summed E-state index contributed by atoms with van der Waals surface area (Å²) in [5.41, 5.74) is 4.28. The molecule has 0 saturated carbocycles. The van der Waals surface area contributed by atoms with E-state index in [9.17, 15) is 5.11 Å². The number of aromatic nitrogens is 1. The summed E-state index contributed by atoms with van der Waals surface area (Å²) in [6, 6.07) is 11.3. The molecule has 1 aliphatic rings. The summed E-state index contributed by atoms with van der Waals surface area (Å²) in [6.45, 7) is 4.32. The molecule has 7 heteroatoms. The Bertz CT molecular complexity index is 972. The number of H-pyrrole nitrogens is 1. The van der Waals surface area contributed by atoms with Gasteiger partial charge >= 0.3 is 0 Å². The molecule has 2 atom stereocenters. The number of benzene rings is 2. The van der Waals surface area contributed by atoms with Gasteiger partial charge < -0.3 is 10.1 Å². The summed E-state index contributed by atoms with van der Waals surface area (Å²) in [7, 11) is 0. The maximum atomic E-state index is 10.7. The number of nitrogens with zero attached hydrogens (tertiary/aromatic N) is 1. The van der Waals surface area contributed by atoms with E-state index >= 15 is 0 Å². The van der Waals surface area contributed by atoms with E-state index in [4.69, 9.17) is 34.8 Å². The fourth-order valence-electron chi connectivity index (χ4n) is 3.95. The fourth-order valence-corrected chi connectivity index (χ4v) is 4.56. The Kier molecular flexibility index (Phi) is 6.31. The summed E-state index contributed by atoms with van der Waals surface area (Å²) in [5.74, 6) is 0.341. The number of β-amino-alcohol motifs (C(OH)–C–C–N with tert-alkyl or cyclic N) is 1. The van der Waals surface area contributed by atoms with Crippen LogP contribution < -0.4 is 0 Å². The van der Waals surface area contributed by atoms with E-state index in [2.05, 4.69) is 16.8 Å². The third-order valence-electron chi connectivity index (χ3n) is 5.06. The van der Waals surface area contributed by atoms with Gasteiger partial charge in [-0.25, -0.2) is 0 Å². The van der Waals surface area contributed by atoms with E-state index in [1.54, 1.807) is 6.07 Å². The van der Waals surface area contributed by atoms with Gasteiger partial charge in [0, 0.05) is 46.8 Å². The van der Waals surface area contributed by atoms with E-state index in [0.717, 1.165) is 23.6 Å². The molecule has 1 aliphatic heterocycles. The van der Waals surface area contributed by atoms with Crippen molar-refractivity contribution < 1.29 is 5.11 Å². The highest BCUT2D eigenvalue weighted by atomic mass is 35.5. The second-order valence-electron chi connectivity index (χ2n) is 6.96. The summed E-state index contributed by atoms with van der Waals surface area (Å²) in [6.07, 6.45) is -0.686. The molecule has 144 valence electrons. The van der Waals surface area contributed by atoms with Crippen molar-refractivity contribution in [1.82, 2.24) is 9.88 Å². The van der Waals surface area contributed by atoms with Crippen molar-refractivity contribution in [2.45, 2.75) is 25.5 Å². The van der Waals surface area contributed by atoms with Crippen LogP contribution in [0, 0.1) is 0 Å². The fraction of sp³-hybridized carbons (Fsp3) is 0.300. The topological polar surface area (TPSA) is 39.3 Å². The standard InChI is InChI=1S/C20H19Cl3N2O.ClH/c1-11-8-25(10-18(26)13-3-2-4-15(22)20(13)23)9-17-19(11)14-7-12(21)5-6-16(14)24-17;/h2-7,11,18,24,26H,8-10H2,1H3;1H. The van der Waals surface area contributed by atoms with Crippen molar-refractivity contribution in [2.24, 2.45) is 0 Å². The number of aliphatic hydroxyl groups excluding tert-OH is 1. The maximum absolute atomic E-state index is 10.7. The third-order valence-corrected chi connectivity index (χ3v) is 6.13. The lowest BCUT2D eigenvalue weighted by molar-refractivity contribution is 0.101. The Hall–Kier alpha value is -0.940. The van der Waals surface area contributed by atoms with Gasteiger partial charge in [0.25, 0.3) is 0 Å². The van der Waals surface area contributed by atoms with E-state index in [-0.39, 0.29) is 12.4 Å². The van der Waals surface area contributed by atoms with Crippen LogP contribution in [0.1, 0.15) is 35.8 Å². The van der Waals surface area contributed by atoms with Crippen LogP contribution in [0.25, 0.3) is 10.9 Å². The third kappa shape index (κ3) is 3.95. The van der Waals surface area contributed by atoms with Gasteiger partial charge in [0.2, 0.25) is 0 Å². The largest absolute Gasteiger partial charge is 0.387 e. The second-order valence-corrected chi connectivity index (χ2v) is 8.18. The lowest BCUT2D eigenvalue weighted by atomic mass is 9.93. The first-order valence-electron chi connectivity index (χ1n) is 8.58. The minimum atomic E-state index is -0.686. The van der Waals surface area contributed by atoms with E-state index < -0.39 is 6.10 Å². The normalized spacial score (nSPS) is 18.2. The SMILES string of the molecule is CC1CN(CC(O)c2cccc(Cl)c2Cl)Cc2[nH]c3ccc(Cl)cc3c21.Cl. The van der Waals surface area contributed by atoms with Crippen LogP contribution in [0.2, 0.25) is 15.1 Å². The Morgan fingerprint density at radius 3 is 2.78 bits per heavy atom. The zero-order valence-electron chi connectivity index (χ0n) is 14.7. The number of hydrogen-bond donors (Lipinski definition) is 2. The molecule has 3 aromatic rings. The van der Waals surface area contributed by atoms with Gasteiger partial charge in [0.05, 0.1) is 16.1 Å². The Morgan fingerprint density at radius 1 is 1.22 bits per heavy atom. The van der Waals surface area contributed by atoms with Crippen molar-refractivity contribution in [1.29, 1.82) is 0 Å². The molecule has 2 unspecified atom stereocenters. The van der Waals surface area contributed by atoms with Crippen LogP contribution in [-0.2, 0) is 6.54 Å². The number of rotatable bonds is 3. The molecule has 0 bridgehead atoms. The molecule has 1 aromatic heterocycles. The average Bonchev–Trinajstić information content (AvgIpc) is 2.95. The predicted octanol–water partition coefficient (Wildman–Crippen LogP) is 6.20. The summed E-state index contributed by atoms with van der Waals surface area (Å²) < 4.78 is 0. The van der Waals surface area contributed by atoms with Crippen LogP contribution >= 0.6 is 47.2 Å². The number of fused-ring (bicyclic) bond motifs is 3. The molecule has 3 nitrogen and oxygen atoms in total. The molecule has 0 radical (unpaired) electrons. The molecule has 27 heavy (non-hydrogen) atoms. The number of aromatic amines is 1. The minimum Gasteiger partial charge on any atom is -0.387 e. The number of nitrogens with one attached hydrogen (secondary N) is 1. The smallest absolute Gasteiger partial charge is 0.0931 e. The molecule has 0 spiro atoms. The number of hydrogen-bond acceptors (Lipinski definition) is 2. The molecular weight excluding hydrogens is 426 g/mol. The lowest BCUT2D eigenvalue weighted by Crippen LogP contribution is -2.35. The van der Waals surface area contributed by atoms with Crippen molar-refractivity contribution in [3.63, 3.8) is 0 Å². The molecule has 2 N–H and O–H groups in total. The zero-order valence-corrected chi connectivity index (χ0v) is 17.8. The van der Waals surface area contributed by atoms with Crippen molar-refractivity contribution in [3.05, 3.63) is 68.3 Å². The van der Waals surface area contributed by atoms with E-state index in [0.29, 0.717) is 28.1 Å². The van der Waals surface area contributed by atoms with Crippen molar-refractivity contribution >= 4 is 58.1 Å². The first kappa shape index (κ1) is 20.8. The first-order valence-corrected chi connectivity index (χ1v) is 9.71. The van der Waals surface area contributed by atoms with Crippen LogP contribution in [0.15, 0.2) is 36.4 Å². The molecule has 0 amide bonds. The molecule has 2 aromatic carbocycles. The lowest BCUT2D eigenvalue weighted by Gasteiger charge is -2.33. The molecule has 2 heterocycles. The van der Waals surface area contributed by atoms with Gasteiger partial charge in [-0.1, -0.05) is 53.9 Å². The van der Waals surface area contributed by atoms with E-state index in [1.807, 2.05) is 30.3 Å². The van der Waals surface area contributed by atoms with Crippen LogP contribution in [-0.4, -0.2) is 28.1 Å². The molecule has 4 rings (SSSR count). The monoisotopic (exact) mass is 444 g/mol. The van der Waals surface area contributed by atoms with Crippen LogP contribution in [0.3, 0.4) is 0 Å². The number of halogens is 4. The highest BCUT2D eigenvalue weighted by Crippen LogP contribution is 2.37. The van der Waals surface area contributed by atoms with Crippen LogP contribution in [0.5, 0.6) is 0 Å². The quantitative estimate of drug-likeness (QED) is 0.503. The Morgan fingerprint density at radius 2 is 2.00 bits per heavy atom. The van der Waals surface area contributed by atoms with Gasteiger partial charge in [-0.15, -0.1) is 12.4 Å². The Labute approximate surface area is 179 Å². The van der Waals surface area contributed by atoms with Gasteiger partial charge in [0.15, 0.2) is 0 Å². The van der Waals surface area contributed by atoms with Gasteiger partial charge in [-0.2, -0.15) is 0 Å². The zero-order chi connectivity index (χ0) is 18.4. The molecule has 0 saturated heterocycles. The maximum Gasteiger partial charge on any atom is 0.0931 e. The average molecular weight is 446 g/mol. The first-order chi connectivity index (χ1) is 12.4. The van der Waals surface area contributed by atoms with Gasteiger partial charge in [-0.05, 0) is 35.7 Å². The van der Waals surface area contributed by atoms with Crippen molar-refractivity contribution in [3.8, 4) is 0 Å². The molecular formula is C20H20Cl4N2O. The van der Waals surface area contributed by atoms with Crippen molar-refractivity contribution in [2.75, 3.05) is 13.1 Å². The van der Waals surface area contributed by atoms with Gasteiger partial charge in [0.1, 0.15) is 0 Å².